The lowest BCUT2D eigenvalue weighted by atomic mass is 10.2. The van der Waals surface area contributed by atoms with Crippen molar-refractivity contribution in [1.82, 2.24) is 0 Å². The Bertz CT molecular complexity index is 588. The van der Waals surface area contributed by atoms with Crippen LogP contribution in [-0.2, 0) is 6.61 Å². The summed E-state index contributed by atoms with van der Waals surface area (Å²) in [6.07, 6.45) is 0. The first-order valence-electron chi connectivity index (χ1n) is 5.50. The van der Waals surface area contributed by atoms with E-state index in [1.165, 1.54) is 25.3 Å². The van der Waals surface area contributed by atoms with E-state index < -0.39 is 11.6 Å². The molecule has 0 aliphatic rings. The lowest BCUT2D eigenvalue weighted by molar-refractivity contribution is 0.297. The highest BCUT2D eigenvalue weighted by atomic mass is 79.9. The van der Waals surface area contributed by atoms with E-state index in [0.29, 0.717) is 21.5 Å². The number of ether oxygens (including phenoxy) is 2. The molecule has 100 valence electrons. The van der Waals surface area contributed by atoms with E-state index in [1.807, 2.05) is 0 Å². The van der Waals surface area contributed by atoms with E-state index in [9.17, 15) is 8.78 Å². The molecule has 2 rings (SSSR count). The molecule has 2 aromatic carbocycles. The fourth-order valence-electron chi connectivity index (χ4n) is 1.50. The standard InChI is InChI=1S/C14H11BrF2O2/c1-18-10-3-2-9(13(16)6-10)8-19-11-4-5-12(15)14(17)7-11/h2-7H,8H2,1H3. The van der Waals surface area contributed by atoms with Gasteiger partial charge in [0.15, 0.2) is 0 Å². The number of rotatable bonds is 4. The van der Waals surface area contributed by atoms with Gasteiger partial charge < -0.3 is 9.47 Å². The lowest BCUT2D eigenvalue weighted by Crippen LogP contribution is -1.99. The molecule has 0 atom stereocenters. The largest absolute Gasteiger partial charge is 0.497 e. The van der Waals surface area contributed by atoms with Crippen molar-refractivity contribution in [1.29, 1.82) is 0 Å². The Morgan fingerprint density at radius 2 is 1.68 bits per heavy atom. The maximum Gasteiger partial charge on any atom is 0.141 e. The molecule has 0 amide bonds. The maximum absolute atomic E-state index is 13.6. The van der Waals surface area contributed by atoms with Crippen molar-refractivity contribution in [3.05, 3.63) is 58.1 Å². The van der Waals surface area contributed by atoms with Crippen LogP contribution in [0.3, 0.4) is 0 Å². The van der Waals surface area contributed by atoms with Crippen LogP contribution >= 0.6 is 15.9 Å². The van der Waals surface area contributed by atoms with Crippen molar-refractivity contribution in [2.75, 3.05) is 7.11 Å². The van der Waals surface area contributed by atoms with Gasteiger partial charge in [-0.2, -0.15) is 0 Å². The van der Waals surface area contributed by atoms with E-state index in [2.05, 4.69) is 15.9 Å². The molecular formula is C14H11BrF2O2. The van der Waals surface area contributed by atoms with Crippen LogP contribution in [0.1, 0.15) is 5.56 Å². The molecule has 0 saturated heterocycles. The third kappa shape index (κ3) is 3.44. The summed E-state index contributed by atoms with van der Waals surface area (Å²) in [5.41, 5.74) is 0.379. The maximum atomic E-state index is 13.6. The van der Waals surface area contributed by atoms with Gasteiger partial charge in [-0.05, 0) is 40.2 Å². The Labute approximate surface area is 118 Å². The smallest absolute Gasteiger partial charge is 0.141 e. The third-order valence-electron chi connectivity index (χ3n) is 2.55. The van der Waals surface area contributed by atoms with Gasteiger partial charge in [0, 0.05) is 17.7 Å². The summed E-state index contributed by atoms with van der Waals surface area (Å²) in [6.45, 7) is 0.0247. The van der Waals surface area contributed by atoms with E-state index >= 15 is 0 Å². The topological polar surface area (TPSA) is 18.5 Å². The van der Waals surface area contributed by atoms with Crippen LogP contribution in [0.15, 0.2) is 40.9 Å². The number of halogens is 3. The van der Waals surface area contributed by atoms with Gasteiger partial charge in [-0.25, -0.2) is 8.78 Å². The Kier molecular flexibility index (Phi) is 4.37. The zero-order valence-electron chi connectivity index (χ0n) is 10.1. The number of benzene rings is 2. The zero-order valence-corrected chi connectivity index (χ0v) is 11.7. The fourth-order valence-corrected chi connectivity index (χ4v) is 1.75. The van der Waals surface area contributed by atoms with Crippen LogP contribution in [0.5, 0.6) is 11.5 Å². The molecule has 19 heavy (non-hydrogen) atoms. The van der Waals surface area contributed by atoms with Crippen molar-refractivity contribution in [2.24, 2.45) is 0 Å². The average Bonchev–Trinajstić information content (AvgIpc) is 2.41. The van der Waals surface area contributed by atoms with Crippen molar-refractivity contribution < 1.29 is 18.3 Å². The summed E-state index contributed by atoms with van der Waals surface area (Å²) >= 11 is 3.05. The molecule has 5 heteroatoms. The van der Waals surface area contributed by atoms with Crippen LogP contribution in [-0.4, -0.2) is 7.11 Å². The molecule has 0 aliphatic carbocycles. The molecule has 0 spiro atoms. The van der Waals surface area contributed by atoms with Crippen LogP contribution < -0.4 is 9.47 Å². The summed E-state index contributed by atoms with van der Waals surface area (Å²) in [4.78, 5) is 0. The van der Waals surface area contributed by atoms with Gasteiger partial charge in [0.05, 0.1) is 11.6 Å². The van der Waals surface area contributed by atoms with Crippen molar-refractivity contribution in [3.63, 3.8) is 0 Å². The molecule has 0 radical (unpaired) electrons. The monoisotopic (exact) mass is 328 g/mol. The predicted octanol–water partition coefficient (Wildman–Crippen LogP) is 4.31. The van der Waals surface area contributed by atoms with E-state index in [1.54, 1.807) is 18.2 Å². The quantitative estimate of drug-likeness (QED) is 0.832. The molecule has 0 unspecified atom stereocenters. The second kappa shape index (κ2) is 6.02. The Balaban J connectivity index is 2.07. The second-order valence-corrected chi connectivity index (χ2v) is 4.68. The van der Waals surface area contributed by atoms with E-state index in [4.69, 9.17) is 9.47 Å². The van der Waals surface area contributed by atoms with E-state index in [0.717, 1.165) is 0 Å². The van der Waals surface area contributed by atoms with Gasteiger partial charge in [-0.3, -0.25) is 0 Å². The third-order valence-corrected chi connectivity index (χ3v) is 3.19. The van der Waals surface area contributed by atoms with Gasteiger partial charge in [0.2, 0.25) is 0 Å². The highest BCUT2D eigenvalue weighted by Gasteiger charge is 2.06. The Morgan fingerprint density at radius 1 is 1.00 bits per heavy atom. The molecule has 0 saturated carbocycles. The van der Waals surface area contributed by atoms with Gasteiger partial charge in [-0.1, -0.05) is 0 Å². The fraction of sp³-hybridized carbons (Fsp3) is 0.143. The minimum atomic E-state index is -0.423. The van der Waals surface area contributed by atoms with Gasteiger partial charge in [0.1, 0.15) is 29.7 Å². The molecule has 0 fully saturated rings. The molecule has 2 aromatic rings. The number of hydrogen-bond donors (Lipinski definition) is 0. The van der Waals surface area contributed by atoms with Crippen LogP contribution in [0, 0.1) is 11.6 Å². The molecule has 0 bridgehead atoms. The summed E-state index contributed by atoms with van der Waals surface area (Å²) in [5.74, 6) is -0.0588. The van der Waals surface area contributed by atoms with E-state index in [-0.39, 0.29) is 6.61 Å². The first-order chi connectivity index (χ1) is 9.10. The van der Waals surface area contributed by atoms with Crippen LogP contribution in [0.4, 0.5) is 8.78 Å². The summed E-state index contributed by atoms with van der Waals surface area (Å²) < 4.78 is 37.5. The van der Waals surface area contributed by atoms with Crippen LogP contribution in [0.2, 0.25) is 0 Å². The van der Waals surface area contributed by atoms with Gasteiger partial charge >= 0.3 is 0 Å². The first kappa shape index (κ1) is 13.8. The normalized spacial score (nSPS) is 10.3. The van der Waals surface area contributed by atoms with Crippen molar-refractivity contribution in [2.45, 2.75) is 6.61 Å². The Morgan fingerprint density at radius 3 is 2.32 bits per heavy atom. The van der Waals surface area contributed by atoms with Gasteiger partial charge in [-0.15, -0.1) is 0 Å². The number of hydrogen-bond acceptors (Lipinski definition) is 2. The minimum Gasteiger partial charge on any atom is -0.497 e. The molecule has 0 aliphatic heterocycles. The van der Waals surface area contributed by atoms with Crippen molar-refractivity contribution >= 4 is 15.9 Å². The molecule has 2 nitrogen and oxygen atoms in total. The summed E-state index contributed by atoms with van der Waals surface area (Å²) in [7, 11) is 1.47. The molecule has 0 aromatic heterocycles. The number of methoxy groups -OCH3 is 1. The van der Waals surface area contributed by atoms with Crippen LogP contribution in [0.25, 0.3) is 0 Å². The second-order valence-electron chi connectivity index (χ2n) is 3.82. The minimum absolute atomic E-state index is 0.0247. The molecule has 0 heterocycles. The van der Waals surface area contributed by atoms with Gasteiger partial charge in [0.25, 0.3) is 0 Å². The SMILES string of the molecule is COc1ccc(COc2ccc(Br)c(F)c2)c(F)c1. The summed E-state index contributed by atoms with van der Waals surface area (Å²) in [5, 5.41) is 0. The van der Waals surface area contributed by atoms with Crippen molar-refractivity contribution in [3.8, 4) is 11.5 Å². The average molecular weight is 329 g/mol. The Hall–Kier alpha value is -1.62. The molecular weight excluding hydrogens is 318 g/mol. The first-order valence-corrected chi connectivity index (χ1v) is 6.29. The predicted molar refractivity (Wildman–Crippen MR) is 71.4 cm³/mol. The lowest BCUT2D eigenvalue weighted by Gasteiger charge is -2.08. The molecule has 0 N–H and O–H groups in total. The highest BCUT2D eigenvalue weighted by Crippen LogP contribution is 2.23. The summed E-state index contributed by atoms with van der Waals surface area (Å²) in [6, 6.07) is 8.88. The zero-order chi connectivity index (χ0) is 13.8. The highest BCUT2D eigenvalue weighted by molar-refractivity contribution is 9.10.